The Balaban J connectivity index is 0.000000279. The minimum atomic E-state index is -4.64. The van der Waals surface area contributed by atoms with Crippen LogP contribution in [-0.2, 0) is 61.2 Å². The number of nitrogen functional groups attached to an aromatic ring is 2. The molecular formula is C92H96BrCl4F3MgN8O15S4. The first kappa shape index (κ1) is 107. The van der Waals surface area contributed by atoms with Crippen LogP contribution < -0.4 is 50.5 Å². The number of fused-ring (bicyclic) bond motifs is 4. The second-order valence-electron chi connectivity index (χ2n) is 29.2. The molecule has 0 bridgehead atoms. The minimum Gasteiger partial charge on any atom is -1.00 e. The number of rotatable bonds is 18. The Morgan fingerprint density at radius 3 is 1.14 bits per heavy atom. The Hall–Kier alpha value is -9.56. The molecule has 1 fully saturated rings. The summed E-state index contributed by atoms with van der Waals surface area (Å²) in [5.74, 6) is 2.31. The van der Waals surface area contributed by atoms with E-state index < -0.39 is 41.3 Å². The van der Waals surface area contributed by atoms with Gasteiger partial charge >= 0.3 is 41.3 Å². The number of furan rings is 4. The van der Waals surface area contributed by atoms with Crippen LogP contribution in [0.4, 0.5) is 29.6 Å². The molecule has 0 atom stereocenters. The number of alkyl carbamates (subject to hydrolysis) is 1. The van der Waals surface area contributed by atoms with Crippen molar-refractivity contribution in [2.24, 2.45) is 11.5 Å². The standard InChI is InChI=1S/C24H22ClN3O3S.C20H20ClNO4S.C16H16ClNO2S.C15H12ClNO2S.C8H8N2O2.C4H8O.C2HF3O.C2H6.CH3.BrH.Mg/c1-24(2,30)20-6-5-19(32-20)15-9-16-10-17(31-23(16)18(25)11-15)13-28-22(29)8-4-14-3-7-21(26)27-12-14;1-11(23)16-5-6-17(27-16)12-7-13-8-14(25-18(13)15(21)9-12)10-22-19(24)26-20(2,3)4;1-16(2,19)14-4-3-13(21-14)9-5-10-6-11(8-18)20-15(10)12(17)7-9;1-8(18)13-2-3-14(20-13)9-4-10-5-11(7-17)19-15(10)12(16)6-9;9-7-3-1-6(5-10-7)2-4-8(11)12;1-2-4-5-3-1;3-2(4,5)1-6;1-2;;;/h3-12,30H,13H2,1-2H3,(H2,26,27)(H,28,29);5-9H,10H2,1-4H3,(H,22,24);3-7,19H,8,18H2,1-2H3;2-6H,7,17H2,1H3;1-5H,(H2,9,10)(H,11,12);1-4H2;1H;1-2H3;1H3;1H;/q;;;;;;;;-1;;+2/p-1/b8-4+;;;;4-2+;;;;;;/i;;;;;;;1D;;;. The number of hydrogen-bond acceptors (Lipinski definition) is 24. The Kier molecular flexibility index (Phi) is 41.9. The maximum atomic E-state index is 12.1. The van der Waals surface area contributed by atoms with Crippen molar-refractivity contribution in [3.05, 3.63) is 251 Å². The molecule has 4 aromatic carbocycles. The summed E-state index contributed by atoms with van der Waals surface area (Å²) >= 11 is 31.4. The summed E-state index contributed by atoms with van der Waals surface area (Å²) < 4.78 is 70.4. The predicted octanol–water partition coefficient (Wildman–Crippen LogP) is 20.8. The largest absolute Gasteiger partial charge is 2.00 e. The van der Waals surface area contributed by atoms with Crippen LogP contribution in [0.15, 0.2) is 188 Å². The van der Waals surface area contributed by atoms with Gasteiger partial charge in [0.15, 0.2) is 33.9 Å². The number of carbonyl (C=O) groups excluding carboxylic acids is 5. The number of ketones is 2. The fraction of sp³-hybridized carbons (Fsp3) is 0.250. The van der Waals surface area contributed by atoms with Crippen molar-refractivity contribution in [2.75, 3.05) is 24.7 Å². The van der Waals surface area contributed by atoms with E-state index in [-0.39, 0.29) is 78.0 Å². The third-order valence-electron chi connectivity index (χ3n) is 17.0. The molecule has 0 aliphatic carbocycles. The first-order valence-electron chi connectivity index (χ1n) is 39.0. The van der Waals surface area contributed by atoms with Crippen LogP contribution in [0.1, 0.15) is 154 Å². The van der Waals surface area contributed by atoms with Crippen molar-refractivity contribution in [3.63, 3.8) is 0 Å². The van der Waals surface area contributed by atoms with Gasteiger partial charge in [0.25, 0.3) is 0 Å². The quantitative estimate of drug-likeness (QED) is 0.0127. The van der Waals surface area contributed by atoms with E-state index >= 15 is 0 Å². The van der Waals surface area contributed by atoms with Crippen molar-refractivity contribution >= 4 is 218 Å². The van der Waals surface area contributed by atoms with Crippen LogP contribution in [0.25, 0.3) is 97.8 Å². The number of ether oxygens (including phenoxy) is 2. The molecule has 1 aliphatic heterocycles. The molecule has 0 unspecified atom stereocenters. The van der Waals surface area contributed by atoms with Gasteiger partial charge in [0, 0.05) is 89.9 Å². The van der Waals surface area contributed by atoms with Crippen molar-refractivity contribution in [1.29, 1.82) is 0 Å². The molecule has 10 aromatic heterocycles. The van der Waals surface area contributed by atoms with E-state index in [0.717, 1.165) is 103 Å². The number of nitrogens with two attached hydrogens (primary N) is 4. The number of aliphatic carboxylic acids is 1. The monoisotopic (exact) mass is 1980 g/mol. The van der Waals surface area contributed by atoms with Gasteiger partial charge < -0.3 is 100 Å². The fourth-order valence-electron chi connectivity index (χ4n) is 11.2. The topological polar surface area (TPSA) is 388 Å². The molecule has 2 amide bonds. The van der Waals surface area contributed by atoms with Crippen molar-refractivity contribution in [3.8, 4) is 41.8 Å². The number of Topliss-reactive ketones (excluding diaryl/α,β-unsaturated/α-hetero) is 2. The van der Waals surface area contributed by atoms with Crippen LogP contribution in [0, 0.1) is 7.43 Å². The third-order valence-corrected chi connectivity index (χ3v) is 23.5. The number of aldehydes is 1. The number of alkyl halides is 3. The van der Waals surface area contributed by atoms with Crippen molar-refractivity contribution in [1.82, 2.24) is 20.6 Å². The molecule has 128 heavy (non-hydrogen) atoms. The molecule has 11 heterocycles. The summed E-state index contributed by atoms with van der Waals surface area (Å²) in [6, 6.07) is 45.0. The number of aliphatic hydroxyl groups is 2. The summed E-state index contributed by atoms with van der Waals surface area (Å²) in [4.78, 5) is 80.6. The number of carboxylic acid groups (broad SMARTS) is 1. The van der Waals surface area contributed by atoms with E-state index in [1.54, 1.807) is 117 Å². The number of amides is 2. The Morgan fingerprint density at radius 2 is 0.859 bits per heavy atom. The van der Waals surface area contributed by atoms with E-state index in [0.29, 0.717) is 108 Å². The number of nitrogens with zero attached hydrogens (tertiary/aromatic N) is 2. The molecule has 13 N–H and O–H groups in total. The van der Waals surface area contributed by atoms with Gasteiger partial charge in [0.2, 0.25) is 12.2 Å². The van der Waals surface area contributed by atoms with Crippen LogP contribution in [-0.4, -0.2) is 109 Å². The van der Waals surface area contributed by atoms with Crippen LogP contribution in [0.3, 0.4) is 0 Å². The smallest absolute Gasteiger partial charge is 1.00 e. The number of carbonyl (C=O) groups is 6. The molecule has 0 spiro atoms. The summed E-state index contributed by atoms with van der Waals surface area (Å²) in [7, 11) is 0. The zero-order chi connectivity index (χ0) is 92.5. The number of benzene rings is 4. The van der Waals surface area contributed by atoms with Crippen LogP contribution >= 0.6 is 91.8 Å². The van der Waals surface area contributed by atoms with Gasteiger partial charge in [0.05, 0.1) is 67.2 Å². The Bertz CT molecular complexity index is 6140. The normalized spacial score (nSPS) is 11.8. The molecule has 676 valence electrons. The van der Waals surface area contributed by atoms with Gasteiger partial charge in [-0.3, -0.25) is 19.2 Å². The number of hydrogen-bond donors (Lipinski definition) is 9. The number of carboxylic acids is 1. The van der Waals surface area contributed by atoms with Gasteiger partial charge in [-0.05, 0) is 266 Å². The third kappa shape index (κ3) is 33.4. The van der Waals surface area contributed by atoms with E-state index in [1.165, 1.54) is 65.2 Å². The zero-order valence-corrected chi connectivity index (χ0v) is 80.9. The van der Waals surface area contributed by atoms with E-state index in [1.807, 2.05) is 121 Å². The summed E-state index contributed by atoms with van der Waals surface area (Å²) in [5, 5.41) is 39.7. The predicted molar refractivity (Wildman–Crippen MR) is 508 cm³/mol. The molecule has 15 rings (SSSR count). The van der Waals surface area contributed by atoms with Crippen molar-refractivity contribution < 1.29 is 103 Å². The Morgan fingerprint density at radius 1 is 0.531 bits per heavy atom. The van der Waals surface area contributed by atoms with Crippen molar-refractivity contribution in [2.45, 2.75) is 138 Å². The second kappa shape index (κ2) is 50.0. The van der Waals surface area contributed by atoms with Gasteiger partial charge in [-0.25, -0.2) is 19.6 Å². The fourth-order valence-corrected chi connectivity index (χ4v) is 16.0. The van der Waals surface area contributed by atoms with Gasteiger partial charge in [0.1, 0.15) is 40.3 Å². The van der Waals surface area contributed by atoms with E-state index in [2.05, 4.69) is 20.6 Å². The molecule has 14 aromatic rings. The van der Waals surface area contributed by atoms with Crippen LogP contribution in [0.2, 0.25) is 20.1 Å². The number of aromatic nitrogens is 2. The van der Waals surface area contributed by atoms with Gasteiger partial charge in [-0.2, -0.15) is 13.2 Å². The number of pyridine rings is 2. The second-order valence-corrected chi connectivity index (χ2v) is 35.2. The first-order chi connectivity index (χ1) is 59.4. The minimum absolute atomic E-state index is 0. The zero-order valence-electron chi connectivity index (χ0n) is 72.6. The van der Waals surface area contributed by atoms with Crippen LogP contribution in [0.5, 0.6) is 0 Å². The average Bonchev–Trinajstić information content (AvgIpc) is 1.66. The molecular weight excluding hydrogens is 1890 g/mol. The maximum Gasteiger partial charge on any atom is 2.00 e. The average molecular weight is 1990 g/mol. The number of anilines is 2. The first-order valence-corrected chi connectivity index (χ1v) is 43.0. The van der Waals surface area contributed by atoms with Gasteiger partial charge in [-0.15, -0.1) is 45.3 Å². The number of thiophene rings is 4. The summed E-state index contributed by atoms with van der Waals surface area (Å²) in [6.45, 7) is 21.0. The number of halogens is 8. The molecule has 23 nitrogen and oxygen atoms in total. The van der Waals surface area contributed by atoms with E-state index in [4.69, 9.17) is 108 Å². The Labute approximate surface area is 802 Å². The SMILES string of the molecule is C1CCOC1.CC(=O)c1ccc(-c2cc(Cl)c3oc(CN)cc3c2)s1.CC(=O)c1ccc(-c2cc(Cl)c3oc(CNC(=O)OC(C)(C)C)cc3c2)s1.CC(C)(O)c1ccc(-c2cc(Cl)c3oc(CN)cc3c2)s1.CC(C)(O)c1ccc(-c2cc(Cl)c3oc(CNC(=O)/C=C/c4ccc(N)nc4)cc3c2)s1.Nc1ccc(/C=C/C(=O)O)cn1.O=CC(F)(F)F.[2H]CC.[Br-].[CH3-].[Mg+2]. The maximum absolute atomic E-state index is 12.1. The molecule has 0 saturated carbocycles. The van der Waals surface area contributed by atoms with E-state index in [9.17, 15) is 47.4 Å². The summed E-state index contributed by atoms with van der Waals surface area (Å²) in [5.41, 5.74) is 27.6. The molecule has 36 heteroatoms. The summed E-state index contributed by atoms with van der Waals surface area (Å²) in [6.07, 6.45) is 5.04. The molecule has 1 saturated heterocycles. The molecule has 1 aliphatic rings. The molecule has 0 radical (unpaired) electrons. The number of nitrogens with one attached hydrogen (secondary N) is 2. The van der Waals surface area contributed by atoms with Gasteiger partial charge in [-0.1, -0.05) is 60.2 Å².